The normalized spacial score (nSPS) is 22.8. The van der Waals surface area contributed by atoms with Crippen LogP contribution in [-0.4, -0.2) is 53.7 Å². The molecule has 1 spiro atoms. The van der Waals surface area contributed by atoms with E-state index in [1.54, 1.807) is 17.0 Å². The molecule has 0 bridgehead atoms. The first-order valence-corrected chi connectivity index (χ1v) is 8.96. The maximum Gasteiger partial charge on any atom is 0.241 e. The molecule has 3 rings (SSSR count). The molecule has 2 fully saturated rings. The predicted octanol–water partition coefficient (Wildman–Crippen LogP) is 1.30. The van der Waals surface area contributed by atoms with Crippen LogP contribution in [0, 0.1) is 11.2 Å². The van der Waals surface area contributed by atoms with Crippen molar-refractivity contribution < 1.29 is 18.8 Å². The molecular weight excluding hydrogens is 337 g/mol. The Morgan fingerprint density at radius 1 is 1.19 bits per heavy atom. The Balaban J connectivity index is 1.64. The van der Waals surface area contributed by atoms with Crippen LogP contribution < -0.4 is 5.32 Å². The summed E-state index contributed by atoms with van der Waals surface area (Å²) < 4.78 is 13.1. The molecular formula is C19H24FN3O3. The first kappa shape index (κ1) is 18.4. The number of amides is 3. The summed E-state index contributed by atoms with van der Waals surface area (Å²) in [6.07, 6.45) is 2.31. The quantitative estimate of drug-likeness (QED) is 0.879. The zero-order valence-electron chi connectivity index (χ0n) is 15.0. The van der Waals surface area contributed by atoms with E-state index in [4.69, 9.17) is 0 Å². The van der Waals surface area contributed by atoms with Crippen molar-refractivity contribution >= 4 is 17.7 Å². The van der Waals surface area contributed by atoms with Crippen LogP contribution in [0.2, 0.25) is 0 Å². The average molecular weight is 361 g/mol. The van der Waals surface area contributed by atoms with E-state index >= 15 is 0 Å². The van der Waals surface area contributed by atoms with Gasteiger partial charge in [-0.2, -0.15) is 0 Å². The van der Waals surface area contributed by atoms with Crippen molar-refractivity contribution in [2.24, 2.45) is 5.41 Å². The molecule has 0 aromatic heterocycles. The second-order valence-corrected chi connectivity index (χ2v) is 7.21. The van der Waals surface area contributed by atoms with Gasteiger partial charge in [0.25, 0.3) is 0 Å². The van der Waals surface area contributed by atoms with Crippen molar-refractivity contribution in [3.05, 3.63) is 35.6 Å². The van der Waals surface area contributed by atoms with Gasteiger partial charge in [0.05, 0.1) is 12.0 Å². The number of nitrogens with one attached hydrogen (secondary N) is 1. The summed E-state index contributed by atoms with van der Waals surface area (Å²) in [6, 6.07) is 6.19. The molecule has 140 valence electrons. The summed E-state index contributed by atoms with van der Waals surface area (Å²) in [5, 5.41) is 2.51. The van der Waals surface area contributed by atoms with Crippen LogP contribution in [0.25, 0.3) is 0 Å². The van der Waals surface area contributed by atoms with E-state index in [2.05, 4.69) is 5.32 Å². The summed E-state index contributed by atoms with van der Waals surface area (Å²) in [5.74, 6) is -0.616. The maximum absolute atomic E-state index is 13.1. The number of benzene rings is 1. The molecule has 2 aliphatic heterocycles. The van der Waals surface area contributed by atoms with Gasteiger partial charge in [0.2, 0.25) is 17.7 Å². The minimum absolute atomic E-state index is 0.0289. The van der Waals surface area contributed by atoms with Crippen molar-refractivity contribution in [3.63, 3.8) is 0 Å². The summed E-state index contributed by atoms with van der Waals surface area (Å²) in [7, 11) is 0. The van der Waals surface area contributed by atoms with Gasteiger partial charge in [0.15, 0.2) is 0 Å². The van der Waals surface area contributed by atoms with Crippen molar-refractivity contribution in [3.8, 4) is 0 Å². The SMILES string of the molecule is CC(=O)NCC(=O)N1CC[C@@]2(CCCN(Cc3ccc(F)cc3)C2=O)C1. The number of likely N-dealkylation sites (tertiary alicyclic amines) is 2. The molecule has 0 radical (unpaired) electrons. The third-order valence-electron chi connectivity index (χ3n) is 5.31. The topological polar surface area (TPSA) is 69.7 Å². The van der Waals surface area contributed by atoms with E-state index in [1.165, 1.54) is 19.1 Å². The summed E-state index contributed by atoms with van der Waals surface area (Å²) in [5.41, 5.74) is 0.373. The molecule has 3 amide bonds. The van der Waals surface area contributed by atoms with Crippen LogP contribution in [0.3, 0.4) is 0 Å². The lowest BCUT2D eigenvalue weighted by Crippen LogP contribution is -2.50. The fourth-order valence-electron chi connectivity index (χ4n) is 3.89. The summed E-state index contributed by atoms with van der Waals surface area (Å²) in [6.45, 7) is 3.42. The number of hydrogen-bond acceptors (Lipinski definition) is 3. The summed E-state index contributed by atoms with van der Waals surface area (Å²) in [4.78, 5) is 39.8. The number of halogens is 1. The van der Waals surface area contributed by atoms with Gasteiger partial charge >= 0.3 is 0 Å². The lowest BCUT2D eigenvalue weighted by molar-refractivity contribution is -0.147. The molecule has 7 heteroatoms. The Hall–Kier alpha value is -2.44. The van der Waals surface area contributed by atoms with E-state index in [-0.39, 0.29) is 30.1 Å². The Bertz CT molecular complexity index is 706. The van der Waals surface area contributed by atoms with Gasteiger partial charge in [-0.15, -0.1) is 0 Å². The number of hydrogen-bond donors (Lipinski definition) is 1. The number of carbonyl (C=O) groups excluding carboxylic acids is 3. The van der Waals surface area contributed by atoms with Crippen LogP contribution in [0.4, 0.5) is 4.39 Å². The smallest absolute Gasteiger partial charge is 0.241 e. The zero-order valence-corrected chi connectivity index (χ0v) is 15.0. The van der Waals surface area contributed by atoms with Gasteiger partial charge in [0.1, 0.15) is 5.82 Å². The maximum atomic E-state index is 13.1. The number of piperidine rings is 1. The van der Waals surface area contributed by atoms with Gasteiger partial charge in [0, 0.05) is 33.1 Å². The third-order valence-corrected chi connectivity index (χ3v) is 5.31. The Morgan fingerprint density at radius 3 is 2.62 bits per heavy atom. The van der Waals surface area contributed by atoms with Crippen LogP contribution in [0.5, 0.6) is 0 Å². The van der Waals surface area contributed by atoms with Crippen LogP contribution in [-0.2, 0) is 20.9 Å². The minimum Gasteiger partial charge on any atom is -0.347 e. The molecule has 0 aliphatic carbocycles. The van der Waals surface area contributed by atoms with Crippen molar-refractivity contribution in [1.82, 2.24) is 15.1 Å². The second kappa shape index (κ2) is 7.43. The first-order chi connectivity index (χ1) is 12.4. The number of nitrogens with zero attached hydrogens (tertiary/aromatic N) is 2. The van der Waals surface area contributed by atoms with Gasteiger partial charge in [-0.3, -0.25) is 14.4 Å². The summed E-state index contributed by atoms with van der Waals surface area (Å²) >= 11 is 0. The highest BCUT2D eigenvalue weighted by Crippen LogP contribution is 2.40. The van der Waals surface area contributed by atoms with E-state index < -0.39 is 5.41 Å². The third kappa shape index (κ3) is 3.86. The molecule has 6 nitrogen and oxygen atoms in total. The van der Waals surface area contributed by atoms with Crippen LogP contribution >= 0.6 is 0 Å². The van der Waals surface area contributed by atoms with Gasteiger partial charge in [-0.25, -0.2) is 4.39 Å². The highest BCUT2D eigenvalue weighted by Gasteiger charge is 2.49. The number of rotatable bonds is 4. The highest BCUT2D eigenvalue weighted by atomic mass is 19.1. The first-order valence-electron chi connectivity index (χ1n) is 8.96. The molecule has 0 unspecified atom stereocenters. The Kier molecular flexibility index (Phi) is 5.25. The van der Waals surface area contributed by atoms with E-state index in [0.717, 1.165) is 18.4 Å². The van der Waals surface area contributed by atoms with E-state index in [0.29, 0.717) is 32.6 Å². The minimum atomic E-state index is -0.524. The van der Waals surface area contributed by atoms with Gasteiger partial charge in [-0.05, 0) is 37.0 Å². The standard InChI is InChI=1S/C19H24FN3O3/c1-14(24)21-11-17(25)23-10-8-19(13-23)7-2-9-22(18(19)26)12-15-3-5-16(20)6-4-15/h3-6H,2,7-13H2,1H3,(H,21,24)/t19-/m0/s1. The molecule has 0 saturated carbocycles. The van der Waals surface area contributed by atoms with Gasteiger partial charge in [-0.1, -0.05) is 12.1 Å². The molecule has 2 aliphatic rings. The Labute approximate surface area is 152 Å². The van der Waals surface area contributed by atoms with E-state index in [9.17, 15) is 18.8 Å². The molecule has 2 saturated heterocycles. The molecule has 1 aromatic rings. The molecule has 1 N–H and O–H groups in total. The second-order valence-electron chi connectivity index (χ2n) is 7.21. The predicted molar refractivity (Wildman–Crippen MR) is 93.4 cm³/mol. The zero-order chi connectivity index (χ0) is 18.7. The van der Waals surface area contributed by atoms with Crippen LogP contribution in [0.15, 0.2) is 24.3 Å². The molecule has 26 heavy (non-hydrogen) atoms. The van der Waals surface area contributed by atoms with Crippen molar-refractivity contribution in [2.75, 3.05) is 26.2 Å². The fourth-order valence-corrected chi connectivity index (χ4v) is 3.89. The van der Waals surface area contributed by atoms with Crippen molar-refractivity contribution in [1.29, 1.82) is 0 Å². The average Bonchev–Trinajstić information content (AvgIpc) is 3.04. The van der Waals surface area contributed by atoms with Gasteiger partial charge < -0.3 is 15.1 Å². The monoisotopic (exact) mass is 361 g/mol. The molecule has 2 heterocycles. The largest absolute Gasteiger partial charge is 0.347 e. The Morgan fingerprint density at radius 2 is 1.92 bits per heavy atom. The number of carbonyl (C=O) groups is 3. The highest BCUT2D eigenvalue weighted by molar-refractivity contribution is 5.87. The lowest BCUT2D eigenvalue weighted by atomic mass is 9.78. The van der Waals surface area contributed by atoms with Crippen molar-refractivity contribution in [2.45, 2.75) is 32.7 Å². The molecule has 1 atom stereocenters. The van der Waals surface area contributed by atoms with Crippen LogP contribution in [0.1, 0.15) is 31.7 Å². The fraction of sp³-hybridized carbons (Fsp3) is 0.526. The lowest BCUT2D eigenvalue weighted by Gasteiger charge is -2.39. The molecule has 1 aromatic carbocycles. The van der Waals surface area contributed by atoms with E-state index in [1.807, 2.05) is 4.90 Å².